The number of rotatable bonds is 4. The Morgan fingerprint density at radius 2 is 2.08 bits per heavy atom. The second kappa shape index (κ2) is 5.12. The molecule has 0 amide bonds. The van der Waals surface area contributed by atoms with E-state index in [2.05, 4.69) is 13.8 Å². The molecule has 0 N–H and O–H groups in total. The second-order valence-corrected chi connectivity index (χ2v) is 4.31. The molecule has 2 nitrogen and oxygen atoms in total. The van der Waals surface area contributed by atoms with Gasteiger partial charge in [0.1, 0.15) is 0 Å². The lowest BCUT2D eigenvalue weighted by Gasteiger charge is -2.06. The molecule has 0 aliphatic rings. The molecule has 1 rings (SSSR count). The van der Waals surface area contributed by atoms with E-state index in [-0.39, 0.29) is 0 Å². The molecule has 3 heteroatoms. The zero-order valence-electron chi connectivity index (χ0n) is 8.06. The Kier molecular flexibility index (Phi) is 4.09. The van der Waals surface area contributed by atoms with Crippen LogP contribution < -0.4 is 4.73 Å². The van der Waals surface area contributed by atoms with Crippen LogP contribution in [0.1, 0.15) is 20.3 Å². The Morgan fingerprint density at radius 1 is 1.46 bits per heavy atom. The van der Waals surface area contributed by atoms with Crippen LogP contribution in [0.15, 0.2) is 29.4 Å². The number of nitrogens with zero attached hydrogens (tertiary/aromatic N) is 1. The first-order valence-electron chi connectivity index (χ1n) is 4.54. The van der Waals surface area contributed by atoms with E-state index in [4.69, 9.17) is 0 Å². The molecule has 1 atom stereocenters. The molecule has 0 aromatic carbocycles. The first-order valence-corrected chi connectivity index (χ1v) is 5.52. The molecule has 72 valence electrons. The van der Waals surface area contributed by atoms with Gasteiger partial charge < -0.3 is 5.21 Å². The van der Waals surface area contributed by atoms with E-state index in [0.29, 0.717) is 0 Å². The summed E-state index contributed by atoms with van der Waals surface area (Å²) in [5, 5.41) is 10.7. The van der Waals surface area contributed by atoms with Crippen LogP contribution in [0.4, 0.5) is 0 Å². The average molecular weight is 197 g/mol. The third-order valence-electron chi connectivity index (χ3n) is 2.00. The smallest absolute Gasteiger partial charge is 0.181 e. The molecule has 1 unspecified atom stereocenters. The largest absolute Gasteiger partial charge is 0.619 e. The van der Waals surface area contributed by atoms with Gasteiger partial charge in [-0.1, -0.05) is 20.3 Å². The van der Waals surface area contributed by atoms with Crippen molar-refractivity contribution in [1.82, 2.24) is 0 Å². The fraction of sp³-hybridized carbons (Fsp3) is 0.500. The van der Waals surface area contributed by atoms with Crippen LogP contribution in [0.2, 0.25) is 0 Å². The predicted molar refractivity (Wildman–Crippen MR) is 55.6 cm³/mol. The highest BCUT2D eigenvalue weighted by molar-refractivity contribution is 7.99. The number of aromatic nitrogens is 1. The van der Waals surface area contributed by atoms with Gasteiger partial charge in [0.05, 0.1) is 0 Å². The summed E-state index contributed by atoms with van der Waals surface area (Å²) in [7, 11) is 0. The lowest BCUT2D eigenvalue weighted by Crippen LogP contribution is -2.23. The molecule has 0 spiro atoms. The van der Waals surface area contributed by atoms with Gasteiger partial charge >= 0.3 is 0 Å². The number of thioether (sulfide) groups is 1. The molecule has 0 bridgehead atoms. The first-order chi connectivity index (χ1) is 6.22. The van der Waals surface area contributed by atoms with Gasteiger partial charge in [0, 0.05) is 22.8 Å². The summed E-state index contributed by atoms with van der Waals surface area (Å²) in [5.74, 6) is 1.86. The fourth-order valence-electron chi connectivity index (χ4n) is 0.852. The minimum absolute atomic E-state index is 0.740. The molecule has 0 fully saturated rings. The van der Waals surface area contributed by atoms with E-state index in [9.17, 15) is 5.21 Å². The van der Waals surface area contributed by atoms with Gasteiger partial charge in [-0.05, 0) is 5.92 Å². The molecule has 0 aliphatic heterocycles. The molecule has 0 radical (unpaired) electrons. The van der Waals surface area contributed by atoms with Crippen molar-refractivity contribution >= 4 is 11.8 Å². The third kappa shape index (κ3) is 3.68. The molecule has 1 heterocycles. The van der Waals surface area contributed by atoms with Crippen molar-refractivity contribution in [3.8, 4) is 0 Å². The van der Waals surface area contributed by atoms with Crippen LogP contribution in [-0.2, 0) is 0 Å². The summed E-state index contributed by atoms with van der Waals surface area (Å²) in [6.45, 7) is 4.44. The zero-order valence-corrected chi connectivity index (χ0v) is 8.88. The van der Waals surface area contributed by atoms with E-state index in [1.807, 2.05) is 23.9 Å². The van der Waals surface area contributed by atoms with Gasteiger partial charge in [0.15, 0.2) is 12.4 Å². The highest BCUT2D eigenvalue weighted by Crippen LogP contribution is 2.20. The van der Waals surface area contributed by atoms with Gasteiger partial charge in [-0.3, -0.25) is 0 Å². The lowest BCUT2D eigenvalue weighted by atomic mass is 10.2. The molecular weight excluding hydrogens is 182 g/mol. The van der Waals surface area contributed by atoms with Crippen molar-refractivity contribution < 1.29 is 4.73 Å². The van der Waals surface area contributed by atoms with Gasteiger partial charge in [0.25, 0.3) is 0 Å². The minimum atomic E-state index is 0.740. The highest BCUT2D eigenvalue weighted by atomic mass is 32.2. The summed E-state index contributed by atoms with van der Waals surface area (Å²) >= 11 is 1.81. The van der Waals surface area contributed by atoms with Crippen molar-refractivity contribution in [2.45, 2.75) is 25.2 Å². The molecule has 0 saturated carbocycles. The quantitative estimate of drug-likeness (QED) is 0.421. The Labute approximate surface area is 83.6 Å². The molecular formula is C10H15NOS. The van der Waals surface area contributed by atoms with Crippen LogP contribution >= 0.6 is 11.8 Å². The topological polar surface area (TPSA) is 26.9 Å². The summed E-state index contributed by atoms with van der Waals surface area (Å²) in [6, 6.07) is 3.72. The number of pyridine rings is 1. The van der Waals surface area contributed by atoms with Crippen molar-refractivity contribution in [3.05, 3.63) is 29.7 Å². The average Bonchev–Trinajstić information content (AvgIpc) is 2.16. The number of hydrogen-bond donors (Lipinski definition) is 0. The van der Waals surface area contributed by atoms with Crippen molar-refractivity contribution in [3.63, 3.8) is 0 Å². The maximum Gasteiger partial charge on any atom is 0.181 e. The third-order valence-corrected chi connectivity index (χ3v) is 3.34. The SMILES string of the molecule is CCC(C)CSc1cc[n+]([O-])cc1. The van der Waals surface area contributed by atoms with Crippen LogP contribution in [-0.4, -0.2) is 5.75 Å². The van der Waals surface area contributed by atoms with Gasteiger partial charge in [-0.2, -0.15) is 4.73 Å². The maximum absolute atomic E-state index is 10.7. The van der Waals surface area contributed by atoms with Gasteiger partial charge in [-0.15, -0.1) is 11.8 Å². The van der Waals surface area contributed by atoms with Gasteiger partial charge in [0.2, 0.25) is 0 Å². The van der Waals surface area contributed by atoms with Crippen molar-refractivity contribution in [2.24, 2.45) is 5.92 Å². The van der Waals surface area contributed by atoms with E-state index in [1.54, 1.807) is 12.4 Å². The summed E-state index contributed by atoms with van der Waals surface area (Å²) in [5.41, 5.74) is 0. The van der Waals surface area contributed by atoms with E-state index >= 15 is 0 Å². The standard InChI is InChI=1S/C10H15NOS/c1-3-9(2)8-13-10-4-6-11(12)7-5-10/h4-7,9H,3,8H2,1-2H3. The minimum Gasteiger partial charge on any atom is -0.619 e. The fourth-order valence-corrected chi connectivity index (χ4v) is 1.88. The summed E-state index contributed by atoms with van der Waals surface area (Å²) in [6.07, 6.45) is 4.29. The van der Waals surface area contributed by atoms with Gasteiger partial charge in [-0.25, -0.2) is 0 Å². The lowest BCUT2D eigenvalue weighted by molar-refractivity contribution is -0.605. The normalized spacial score (nSPS) is 12.8. The molecule has 13 heavy (non-hydrogen) atoms. The van der Waals surface area contributed by atoms with Crippen LogP contribution in [0.3, 0.4) is 0 Å². The second-order valence-electron chi connectivity index (χ2n) is 3.22. The van der Waals surface area contributed by atoms with Crippen molar-refractivity contribution in [1.29, 1.82) is 0 Å². The maximum atomic E-state index is 10.7. The molecule has 1 aromatic heterocycles. The molecule has 0 saturated heterocycles. The van der Waals surface area contributed by atoms with E-state index in [1.165, 1.54) is 11.3 Å². The van der Waals surface area contributed by atoms with Crippen LogP contribution in [0.5, 0.6) is 0 Å². The molecule has 0 aliphatic carbocycles. The van der Waals surface area contributed by atoms with E-state index in [0.717, 1.165) is 16.4 Å². The summed E-state index contributed by atoms with van der Waals surface area (Å²) in [4.78, 5) is 1.17. The van der Waals surface area contributed by atoms with Crippen LogP contribution in [0, 0.1) is 11.1 Å². The molecule has 1 aromatic rings. The van der Waals surface area contributed by atoms with Crippen molar-refractivity contribution in [2.75, 3.05) is 5.75 Å². The monoisotopic (exact) mass is 197 g/mol. The van der Waals surface area contributed by atoms with Crippen LogP contribution in [0.25, 0.3) is 0 Å². The zero-order chi connectivity index (χ0) is 9.68. The summed E-state index contributed by atoms with van der Waals surface area (Å²) < 4.78 is 0.813. The Bertz CT molecular complexity index is 248. The predicted octanol–water partition coefficient (Wildman–Crippen LogP) is 2.46. The Morgan fingerprint density at radius 3 is 2.62 bits per heavy atom. The first kappa shape index (κ1) is 10.4. The highest BCUT2D eigenvalue weighted by Gasteiger charge is 2.00. The number of hydrogen-bond acceptors (Lipinski definition) is 2. The Balaban J connectivity index is 2.41. The Hall–Kier alpha value is -0.700. The van der Waals surface area contributed by atoms with E-state index < -0.39 is 0 Å².